The predicted octanol–water partition coefficient (Wildman–Crippen LogP) is 2.42. The molecule has 1 unspecified atom stereocenters. The number of hydrogen-bond acceptors (Lipinski definition) is 13. The van der Waals surface area contributed by atoms with Crippen molar-refractivity contribution >= 4 is 23.4 Å². The van der Waals surface area contributed by atoms with Crippen LogP contribution in [0.5, 0.6) is 0 Å². The zero-order valence-electron chi connectivity index (χ0n) is 25.8. The van der Waals surface area contributed by atoms with Gasteiger partial charge in [-0.25, -0.2) is 0 Å². The van der Waals surface area contributed by atoms with E-state index in [1.807, 2.05) is 13.8 Å². The molecule has 0 amide bonds. The molecule has 0 saturated carbocycles. The third-order valence-corrected chi connectivity index (χ3v) is 7.67. The molecule has 0 aromatic carbocycles. The second-order valence-electron chi connectivity index (χ2n) is 11.0. The molecule has 3 saturated heterocycles. The quantitative estimate of drug-likeness (QED) is 0.184. The van der Waals surface area contributed by atoms with Gasteiger partial charge in [0.2, 0.25) is 23.5 Å². The third-order valence-electron chi connectivity index (χ3n) is 7.67. The molecule has 44 heavy (non-hydrogen) atoms. The Kier molecular flexibility index (Phi) is 10.4. The number of carbonyl (C=O) groups excluding carboxylic acids is 1. The van der Waals surface area contributed by atoms with Gasteiger partial charge in [0, 0.05) is 39.0 Å². The van der Waals surface area contributed by atoms with E-state index in [0.717, 1.165) is 58.2 Å². The molecule has 17 heteroatoms. The van der Waals surface area contributed by atoms with Gasteiger partial charge in [-0.15, -0.1) is 10.2 Å². The Morgan fingerprint density at radius 1 is 0.864 bits per heavy atom. The Labute approximate surface area is 255 Å². The number of nitrogens with zero attached hydrogens (tertiary/aromatic N) is 9. The van der Waals surface area contributed by atoms with E-state index in [4.69, 9.17) is 35.4 Å². The van der Waals surface area contributed by atoms with Crippen LogP contribution in [0, 0.1) is 37.0 Å². The Morgan fingerprint density at radius 3 is 2.05 bits per heavy atom. The van der Waals surface area contributed by atoms with E-state index in [1.165, 1.54) is 0 Å². The van der Waals surface area contributed by atoms with E-state index in [0.29, 0.717) is 47.0 Å². The average molecular weight is 612 g/mol. The Morgan fingerprint density at radius 2 is 1.52 bits per heavy atom. The number of rotatable bonds is 5. The summed E-state index contributed by atoms with van der Waals surface area (Å²) in [5.41, 5.74) is 5.45. The Hall–Kier alpha value is -4.70. The minimum atomic E-state index is -0.308. The van der Waals surface area contributed by atoms with Crippen LogP contribution >= 0.6 is 0 Å². The molecule has 3 aromatic heterocycles. The van der Waals surface area contributed by atoms with E-state index in [-0.39, 0.29) is 29.7 Å². The molecule has 238 valence electrons. The van der Waals surface area contributed by atoms with Gasteiger partial charge in [-0.2, -0.15) is 9.97 Å². The first-order valence-corrected chi connectivity index (χ1v) is 14.6. The van der Waals surface area contributed by atoms with Crippen LogP contribution in [-0.2, 0) is 6.42 Å². The van der Waals surface area contributed by atoms with E-state index in [2.05, 4.69) is 35.4 Å². The maximum atomic E-state index is 12.0. The first-order valence-electron chi connectivity index (χ1n) is 14.6. The van der Waals surface area contributed by atoms with Crippen molar-refractivity contribution in [3.05, 3.63) is 35.2 Å². The number of nitrogens with one attached hydrogen (secondary N) is 3. The topological polar surface area (TPSA) is 241 Å². The normalized spacial score (nSPS) is 20.8. The van der Waals surface area contributed by atoms with Crippen molar-refractivity contribution in [2.45, 2.75) is 91.3 Å². The monoisotopic (exact) mass is 611 g/mol. The summed E-state index contributed by atoms with van der Waals surface area (Å²) < 4.78 is 15.2. The zero-order chi connectivity index (χ0) is 32.0. The Bertz CT molecular complexity index is 1460. The smallest absolute Gasteiger partial charge is 0.296 e. The second kappa shape index (κ2) is 14.2. The Balaban J connectivity index is 0.000000151. The number of amidine groups is 2. The van der Waals surface area contributed by atoms with Gasteiger partial charge in [0.25, 0.3) is 5.89 Å². The summed E-state index contributed by atoms with van der Waals surface area (Å²) >= 11 is 0. The number of Topliss-reactive ketones (excluding diaryl/α,β-unsaturated/α-hetero) is 1. The molecule has 3 aromatic rings. The molecule has 0 bridgehead atoms. The molecule has 3 aliphatic rings. The van der Waals surface area contributed by atoms with Crippen molar-refractivity contribution in [2.24, 2.45) is 5.73 Å². The van der Waals surface area contributed by atoms with Crippen molar-refractivity contribution < 1.29 is 18.3 Å². The summed E-state index contributed by atoms with van der Waals surface area (Å²) in [4.78, 5) is 25.7. The summed E-state index contributed by atoms with van der Waals surface area (Å²) in [6, 6.07) is 0.0680. The molecule has 6 rings (SSSR count). The number of likely N-dealkylation sites (tertiary alicyclic amines) is 3. The molecule has 3 atom stereocenters. The molecule has 0 aliphatic carbocycles. The van der Waals surface area contributed by atoms with Gasteiger partial charge in [0.15, 0.2) is 17.6 Å². The van der Waals surface area contributed by atoms with Crippen LogP contribution in [0.2, 0.25) is 0 Å². The average Bonchev–Trinajstić information content (AvgIpc) is 3.77. The summed E-state index contributed by atoms with van der Waals surface area (Å²) in [5, 5.41) is 37.6. The number of ketones is 1. The van der Waals surface area contributed by atoms with Crippen LogP contribution in [-0.4, -0.2) is 100 Å². The fourth-order valence-corrected chi connectivity index (χ4v) is 5.46. The van der Waals surface area contributed by atoms with Crippen LogP contribution in [0.25, 0.3) is 0 Å². The van der Waals surface area contributed by atoms with Gasteiger partial charge in [-0.3, -0.25) is 21.0 Å². The molecule has 3 aliphatic heterocycles. The molecule has 6 heterocycles. The van der Waals surface area contributed by atoms with Crippen LogP contribution in [0.1, 0.15) is 92.0 Å². The number of hydrogen-bond donors (Lipinski definition) is 4. The number of aryl methyl sites for hydroxylation is 3. The lowest BCUT2D eigenvalue weighted by molar-refractivity contribution is 0.0868. The van der Waals surface area contributed by atoms with Crippen molar-refractivity contribution in [3.63, 3.8) is 0 Å². The maximum Gasteiger partial charge on any atom is 0.296 e. The lowest BCUT2D eigenvalue weighted by atomic mass is 9.99. The van der Waals surface area contributed by atoms with Crippen LogP contribution in [0.3, 0.4) is 0 Å². The van der Waals surface area contributed by atoms with Crippen LogP contribution in [0.15, 0.2) is 13.5 Å². The fourth-order valence-electron chi connectivity index (χ4n) is 5.46. The third kappa shape index (κ3) is 7.82. The zero-order valence-corrected chi connectivity index (χ0v) is 25.8. The highest BCUT2D eigenvalue weighted by atomic mass is 16.5. The van der Waals surface area contributed by atoms with Crippen LogP contribution in [0.4, 0.5) is 0 Å². The lowest BCUT2D eigenvalue weighted by Gasteiger charge is -2.41. The predicted molar refractivity (Wildman–Crippen MR) is 157 cm³/mol. The summed E-state index contributed by atoms with van der Waals surface area (Å²) in [7, 11) is 0. The molecule has 0 radical (unpaired) electrons. The molecular weight excluding hydrogens is 570 g/mol. The minimum Gasteiger partial charge on any atom is -0.423 e. The highest BCUT2D eigenvalue weighted by Crippen LogP contribution is 2.30. The summed E-state index contributed by atoms with van der Waals surface area (Å²) in [6.07, 6.45) is 5.46. The van der Waals surface area contributed by atoms with Crippen LogP contribution < -0.4 is 5.73 Å². The molecular formula is C27H41N13O4. The second-order valence-corrected chi connectivity index (χ2v) is 11.0. The largest absolute Gasteiger partial charge is 0.423 e. The van der Waals surface area contributed by atoms with Crippen molar-refractivity contribution in [3.8, 4) is 0 Å². The summed E-state index contributed by atoms with van der Waals surface area (Å²) in [5.74, 6) is 3.91. The van der Waals surface area contributed by atoms with Gasteiger partial charge < -0.3 is 33.9 Å². The van der Waals surface area contributed by atoms with Crippen molar-refractivity contribution in [1.29, 1.82) is 16.2 Å². The minimum absolute atomic E-state index is 0.00583. The number of aromatic nitrogens is 6. The van der Waals surface area contributed by atoms with E-state index in [9.17, 15) is 4.79 Å². The van der Waals surface area contributed by atoms with Crippen molar-refractivity contribution in [2.75, 3.05) is 19.6 Å². The molecule has 3 fully saturated rings. The number of guanidine groups is 1. The molecule has 17 nitrogen and oxygen atoms in total. The van der Waals surface area contributed by atoms with Gasteiger partial charge >= 0.3 is 0 Å². The van der Waals surface area contributed by atoms with Gasteiger partial charge in [-0.1, -0.05) is 10.3 Å². The fraction of sp³-hybridized carbons (Fsp3) is 0.630. The van der Waals surface area contributed by atoms with Gasteiger partial charge in [0.05, 0.1) is 17.7 Å². The SMILES string of the molecule is CC(=N)N1CCCC1C(=O)c1nc(C)no1.CC(=N)N1CC[C@H]1Cc1nc(C)no1.Cc1nnc([C@@H]2CCCN2C(=N)N)o1. The molecule has 5 N–H and O–H groups in total. The maximum absolute atomic E-state index is 12.0. The van der Waals surface area contributed by atoms with E-state index < -0.39 is 0 Å². The number of nitrogens with two attached hydrogens (primary N) is 1. The first kappa shape index (κ1) is 32.2. The van der Waals surface area contributed by atoms with Gasteiger partial charge in [-0.05, 0) is 59.8 Å². The highest BCUT2D eigenvalue weighted by Gasteiger charge is 2.35. The van der Waals surface area contributed by atoms with Gasteiger partial charge in [0.1, 0.15) is 6.04 Å². The number of carbonyl (C=O) groups is 1. The molecule has 0 spiro atoms. The van der Waals surface area contributed by atoms with E-state index >= 15 is 0 Å². The van der Waals surface area contributed by atoms with E-state index in [1.54, 1.807) is 30.6 Å². The standard InChI is InChI=1S/C10H14N4O2.C9H14N4O.C8H13N5O/c1-6(11)14-5-3-4-8(14)9(15)10-12-7(2)13-16-10;1-6(10)13-4-3-8(13)5-9-11-7(2)12-14-9;1-5-11-12-7(14-5)6-3-2-4-13(6)8(9)10/h8,11H,3-5H2,1-2H3;8,10H,3-5H2,1-2H3;6H,2-4H2,1H3,(H3,9,10)/t;8-;6-/m.00/s1. The lowest BCUT2D eigenvalue weighted by Crippen LogP contribution is -2.51. The first-order chi connectivity index (χ1) is 20.9. The van der Waals surface area contributed by atoms with Crippen molar-refractivity contribution in [1.82, 2.24) is 45.2 Å². The highest BCUT2D eigenvalue weighted by molar-refractivity contribution is 5.98. The summed E-state index contributed by atoms with van der Waals surface area (Å²) in [6.45, 7) is 11.3.